The number of nitrogens with one attached hydrogen (secondary N) is 1. The van der Waals surface area contributed by atoms with Crippen molar-refractivity contribution in [2.24, 2.45) is 0 Å². The number of hydrogen-bond donors (Lipinski definition) is 1. The Bertz CT molecular complexity index is 508. The van der Waals surface area contributed by atoms with Gasteiger partial charge < -0.3 is 19.5 Å². The van der Waals surface area contributed by atoms with E-state index < -0.39 is 4.92 Å². The van der Waals surface area contributed by atoms with Crippen LogP contribution in [0.2, 0.25) is 0 Å². The van der Waals surface area contributed by atoms with Crippen molar-refractivity contribution in [1.82, 2.24) is 5.32 Å². The minimum Gasteiger partial charge on any atom is -0.490 e. The summed E-state index contributed by atoms with van der Waals surface area (Å²) in [6.45, 7) is 2.90. The molecule has 0 spiro atoms. The van der Waals surface area contributed by atoms with Crippen molar-refractivity contribution in [2.45, 2.75) is 31.6 Å². The highest BCUT2D eigenvalue weighted by atomic mass is 16.6. The molecule has 0 aliphatic heterocycles. The van der Waals surface area contributed by atoms with E-state index in [0.717, 1.165) is 13.0 Å². The van der Waals surface area contributed by atoms with Crippen LogP contribution in [0.15, 0.2) is 18.2 Å². The fourth-order valence-corrected chi connectivity index (χ4v) is 2.54. The van der Waals surface area contributed by atoms with Gasteiger partial charge in [-0.25, -0.2) is 0 Å². The van der Waals surface area contributed by atoms with Gasteiger partial charge in [-0.15, -0.1) is 0 Å². The highest BCUT2D eigenvalue weighted by Gasteiger charge is 2.42. The van der Waals surface area contributed by atoms with Gasteiger partial charge in [-0.2, -0.15) is 0 Å². The molecule has 1 N–H and O–H groups in total. The number of likely N-dealkylation sites (N-methyl/N-ethyl adjacent to an activating group) is 1. The molecule has 0 amide bonds. The average Bonchev–Trinajstić information content (AvgIpc) is 2.46. The first-order valence-corrected chi connectivity index (χ1v) is 6.86. The second kappa shape index (κ2) is 6.73. The van der Waals surface area contributed by atoms with Crippen LogP contribution in [0.5, 0.6) is 11.5 Å². The van der Waals surface area contributed by atoms with E-state index in [1.165, 1.54) is 19.2 Å². The second-order valence-corrected chi connectivity index (χ2v) is 4.85. The molecule has 0 saturated heterocycles. The van der Waals surface area contributed by atoms with Gasteiger partial charge in [0.25, 0.3) is 0 Å². The summed E-state index contributed by atoms with van der Waals surface area (Å²) in [5, 5.41) is 14.3. The Labute approximate surface area is 123 Å². The average molecular weight is 296 g/mol. The lowest BCUT2D eigenvalue weighted by atomic mass is 9.85. The van der Waals surface area contributed by atoms with E-state index in [0.29, 0.717) is 5.75 Å². The molecule has 1 aromatic rings. The van der Waals surface area contributed by atoms with Gasteiger partial charge in [0, 0.05) is 19.6 Å². The maximum Gasteiger partial charge on any atom is 0.314 e. The Morgan fingerprint density at radius 3 is 2.76 bits per heavy atom. The van der Waals surface area contributed by atoms with Crippen LogP contribution in [0, 0.1) is 10.1 Å². The van der Waals surface area contributed by atoms with Crippen molar-refractivity contribution < 1.29 is 19.1 Å². The molecule has 1 saturated carbocycles. The summed E-state index contributed by atoms with van der Waals surface area (Å²) in [6.07, 6.45) is 0.657. The maximum absolute atomic E-state index is 11.0. The van der Waals surface area contributed by atoms with Crippen LogP contribution in [-0.2, 0) is 4.74 Å². The number of benzene rings is 1. The topological polar surface area (TPSA) is 82.9 Å². The lowest BCUT2D eigenvalue weighted by Crippen LogP contribution is -2.60. The van der Waals surface area contributed by atoms with E-state index in [1.807, 2.05) is 6.92 Å². The van der Waals surface area contributed by atoms with Crippen molar-refractivity contribution >= 4 is 5.69 Å². The molecule has 3 unspecified atom stereocenters. The highest BCUT2D eigenvalue weighted by Crippen LogP contribution is 2.34. The number of methoxy groups -OCH3 is 2. The molecule has 1 aliphatic rings. The van der Waals surface area contributed by atoms with Crippen molar-refractivity contribution in [3.8, 4) is 11.5 Å². The molecule has 1 fully saturated rings. The predicted molar refractivity (Wildman–Crippen MR) is 76.9 cm³/mol. The number of nitro benzene ring substituents is 1. The van der Waals surface area contributed by atoms with Gasteiger partial charge in [0.2, 0.25) is 0 Å². The van der Waals surface area contributed by atoms with Gasteiger partial charge in [0.05, 0.1) is 18.1 Å². The predicted octanol–water partition coefficient (Wildman–Crippen LogP) is 1.75. The van der Waals surface area contributed by atoms with Crippen molar-refractivity contribution in [3.05, 3.63) is 28.3 Å². The number of ether oxygens (including phenoxy) is 3. The lowest BCUT2D eigenvalue weighted by Gasteiger charge is -2.43. The quantitative estimate of drug-likeness (QED) is 0.609. The number of nitrogens with zero attached hydrogens (tertiary/aromatic N) is 1. The first-order chi connectivity index (χ1) is 10.1. The molecule has 0 radical (unpaired) electrons. The zero-order valence-corrected chi connectivity index (χ0v) is 12.4. The first kappa shape index (κ1) is 15.5. The lowest BCUT2D eigenvalue weighted by molar-refractivity contribution is -0.385. The number of hydrogen-bond acceptors (Lipinski definition) is 6. The van der Waals surface area contributed by atoms with Crippen LogP contribution in [0.1, 0.15) is 13.3 Å². The zero-order valence-electron chi connectivity index (χ0n) is 12.4. The molecular weight excluding hydrogens is 276 g/mol. The van der Waals surface area contributed by atoms with Crippen LogP contribution in [0.4, 0.5) is 5.69 Å². The minimum absolute atomic E-state index is 0.0499. The summed E-state index contributed by atoms with van der Waals surface area (Å²) in [5.41, 5.74) is -0.105. The van der Waals surface area contributed by atoms with Gasteiger partial charge in [-0.3, -0.25) is 10.1 Å². The van der Waals surface area contributed by atoms with Gasteiger partial charge >= 0.3 is 5.69 Å². The third kappa shape index (κ3) is 3.25. The monoisotopic (exact) mass is 296 g/mol. The van der Waals surface area contributed by atoms with E-state index in [-0.39, 0.29) is 29.7 Å². The van der Waals surface area contributed by atoms with Crippen LogP contribution < -0.4 is 14.8 Å². The summed E-state index contributed by atoms with van der Waals surface area (Å²) in [7, 11) is 3.04. The molecule has 7 heteroatoms. The summed E-state index contributed by atoms with van der Waals surface area (Å²) >= 11 is 0. The minimum atomic E-state index is -0.484. The van der Waals surface area contributed by atoms with E-state index >= 15 is 0 Å². The summed E-state index contributed by atoms with van der Waals surface area (Å²) in [5.74, 6) is 0.666. The van der Waals surface area contributed by atoms with E-state index in [9.17, 15) is 10.1 Å². The molecule has 116 valence electrons. The fourth-order valence-electron chi connectivity index (χ4n) is 2.54. The Morgan fingerprint density at radius 2 is 2.19 bits per heavy atom. The normalized spacial score (nSPS) is 24.2. The Balaban J connectivity index is 2.07. The van der Waals surface area contributed by atoms with Gasteiger partial charge in [0.15, 0.2) is 5.75 Å². The maximum atomic E-state index is 11.0. The number of rotatable bonds is 7. The molecule has 21 heavy (non-hydrogen) atoms. The Morgan fingerprint density at radius 1 is 1.43 bits per heavy atom. The molecule has 0 aromatic heterocycles. The van der Waals surface area contributed by atoms with E-state index in [1.54, 1.807) is 13.2 Å². The molecular formula is C14H20N2O5. The molecule has 2 rings (SSSR count). The molecule has 3 atom stereocenters. The fraction of sp³-hybridized carbons (Fsp3) is 0.571. The summed E-state index contributed by atoms with van der Waals surface area (Å²) in [4.78, 5) is 10.5. The Kier molecular flexibility index (Phi) is 4.98. The van der Waals surface area contributed by atoms with Crippen LogP contribution in [0.3, 0.4) is 0 Å². The van der Waals surface area contributed by atoms with Crippen LogP contribution in [-0.4, -0.2) is 43.9 Å². The zero-order chi connectivity index (χ0) is 15.4. The van der Waals surface area contributed by atoms with Gasteiger partial charge in [-0.05, 0) is 18.7 Å². The summed E-state index contributed by atoms with van der Waals surface area (Å²) in [6, 6.07) is 4.85. The van der Waals surface area contributed by atoms with Crippen molar-refractivity contribution in [3.63, 3.8) is 0 Å². The van der Waals surface area contributed by atoms with Crippen LogP contribution >= 0.6 is 0 Å². The standard InChI is InChI=1S/C14H20N2O5/c1-4-15-10-8-13(14(10)20-3)21-9-5-6-12(19-2)11(7-9)16(17)18/h5-7,10,13-15H,4,8H2,1-3H3. The molecule has 1 aliphatic carbocycles. The Hall–Kier alpha value is -1.86. The smallest absolute Gasteiger partial charge is 0.314 e. The van der Waals surface area contributed by atoms with Gasteiger partial charge in [0.1, 0.15) is 18.0 Å². The number of nitro groups is 1. The molecule has 7 nitrogen and oxygen atoms in total. The molecule has 0 heterocycles. The van der Waals surface area contributed by atoms with E-state index in [2.05, 4.69) is 5.32 Å². The summed E-state index contributed by atoms with van der Waals surface area (Å²) < 4.78 is 16.2. The van der Waals surface area contributed by atoms with Gasteiger partial charge in [-0.1, -0.05) is 6.92 Å². The van der Waals surface area contributed by atoms with Crippen LogP contribution in [0.25, 0.3) is 0 Å². The highest BCUT2D eigenvalue weighted by molar-refractivity contribution is 5.51. The van der Waals surface area contributed by atoms with Crippen molar-refractivity contribution in [2.75, 3.05) is 20.8 Å². The molecule has 0 bridgehead atoms. The largest absolute Gasteiger partial charge is 0.490 e. The van der Waals surface area contributed by atoms with Crippen molar-refractivity contribution in [1.29, 1.82) is 0 Å². The SMILES string of the molecule is CCNC1CC(Oc2ccc(OC)c([N+](=O)[O-])c2)C1OC. The second-order valence-electron chi connectivity index (χ2n) is 4.85. The molecule has 1 aromatic carbocycles. The van der Waals surface area contributed by atoms with E-state index in [4.69, 9.17) is 14.2 Å². The third-order valence-corrected chi connectivity index (χ3v) is 3.62. The first-order valence-electron chi connectivity index (χ1n) is 6.86. The third-order valence-electron chi connectivity index (χ3n) is 3.62.